The van der Waals surface area contributed by atoms with Crippen LogP contribution in [0.1, 0.15) is 12.5 Å². The molecule has 0 saturated heterocycles. The van der Waals surface area contributed by atoms with Crippen LogP contribution < -0.4 is 4.90 Å². The first-order valence-corrected chi connectivity index (χ1v) is 7.86. The lowest BCUT2D eigenvalue weighted by Crippen LogP contribution is -2.39. The maximum atomic E-state index is 12.2. The maximum Gasteiger partial charge on any atom is 0.355 e. The van der Waals surface area contributed by atoms with Gasteiger partial charge in [-0.25, -0.2) is 9.59 Å². The van der Waals surface area contributed by atoms with E-state index < -0.39 is 11.9 Å². The number of aryl methyl sites for hydroxylation is 1. The summed E-state index contributed by atoms with van der Waals surface area (Å²) in [6.45, 7) is 2.19. The molecule has 1 heterocycles. The van der Waals surface area contributed by atoms with Crippen LogP contribution in [0, 0.1) is 0 Å². The van der Waals surface area contributed by atoms with Gasteiger partial charge in [-0.15, -0.1) is 0 Å². The van der Waals surface area contributed by atoms with Crippen molar-refractivity contribution in [2.24, 2.45) is 0 Å². The van der Waals surface area contributed by atoms with Crippen molar-refractivity contribution < 1.29 is 23.8 Å². The number of rotatable bonds is 4. The average molecular weight is 384 g/mol. The van der Waals surface area contributed by atoms with Crippen molar-refractivity contribution in [2.45, 2.75) is 13.3 Å². The van der Waals surface area contributed by atoms with E-state index in [4.69, 9.17) is 14.2 Å². The maximum absolute atomic E-state index is 12.2. The summed E-state index contributed by atoms with van der Waals surface area (Å²) in [6, 6.07) is 5.80. The van der Waals surface area contributed by atoms with E-state index in [9.17, 15) is 9.59 Å². The second-order valence-electron chi connectivity index (χ2n) is 4.86. The fourth-order valence-electron chi connectivity index (χ4n) is 2.32. The Labute approximate surface area is 143 Å². The summed E-state index contributed by atoms with van der Waals surface area (Å²) >= 11 is 3.51. The molecular weight excluding hydrogens is 366 g/mol. The molecule has 0 bridgehead atoms. The highest BCUT2D eigenvalue weighted by atomic mass is 79.9. The van der Waals surface area contributed by atoms with Crippen LogP contribution in [0.2, 0.25) is 0 Å². The van der Waals surface area contributed by atoms with Crippen LogP contribution in [0.5, 0.6) is 0 Å². The molecule has 0 aliphatic carbocycles. The van der Waals surface area contributed by atoms with Crippen LogP contribution in [0.15, 0.2) is 33.9 Å². The Morgan fingerprint density at radius 2 is 1.96 bits per heavy atom. The van der Waals surface area contributed by atoms with Gasteiger partial charge in [-0.1, -0.05) is 13.0 Å². The largest absolute Gasteiger partial charge is 0.466 e. The molecule has 0 radical (unpaired) electrons. The third-order valence-corrected chi connectivity index (χ3v) is 4.18. The van der Waals surface area contributed by atoms with Gasteiger partial charge in [0.2, 0.25) is 0 Å². The highest BCUT2D eigenvalue weighted by Gasteiger charge is 2.33. The lowest BCUT2D eigenvalue weighted by atomic mass is 10.1. The molecule has 2 rings (SSSR count). The van der Waals surface area contributed by atoms with Crippen molar-refractivity contribution in [3.63, 3.8) is 0 Å². The molecule has 0 saturated carbocycles. The van der Waals surface area contributed by atoms with Crippen LogP contribution in [0.4, 0.5) is 5.69 Å². The summed E-state index contributed by atoms with van der Waals surface area (Å²) in [5.74, 6) is -1.23. The van der Waals surface area contributed by atoms with Crippen LogP contribution in [0.3, 0.4) is 0 Å². The number of hydrogen-bond acceptors (Lipinski definition) is 6. The summed E-state index contributed by atoms with van der Waals surface area (Å²) < 4.78 is 15.8. The minimum Gasteiger partial charge on any atom is -0.466 e. The monoisotopic (exact) mass is 383 g/mol. The summed E-state index contributed by atoms with van der Waals surface area (Å²) in [5.41, 5.74) is 2.13. The van der Waals surface area contributed by atoms with E-state index in [1.807, 2.05) is 18.2 Å². The number of hydrogen-bond donors (Lipinski definition) is 0. The van der Waals surface area contributed by atoms with E-state index in [1.54, 1.807) is 4.90 Å². The Bertz CT molecular complexity index is 656. The topological polar surface area (TPSA) is 65.1 Å². The van der Waals surface area contributed by atoms with Crippen molar-refractivity contribution >= 4 is 33.6 Å². The van der Waals surface area contributed by atoms with E-state index in [1.165, 1.54) is 14.2 Å². The minimum absolute atomic E-state index is 0.00172. The second kappa shape index (κ2) is 7.61. The first-order valence-electron chi connectivity index (χ1n) is 7.07. The number of nitrogens with zero attached hydrogens (tertiary/aromatic N) is 1. The number of ether oxygens (including phenoxy) is 3. The van der Waals surface area contributed by atoms with E-state index in [2.05, 4.69) is 22.9 Å². The standard InChI is InChI=1S/C16H18BrNO5/c1-4-10-5-6-13(12(17)7-10)18-9-23-8-11(15(19)21-2)14(18)16(20)22-3/h5-7H,4,8-9H2,1-3H3. The number of carbonyl (C=O) groups is 2. The molecule has 124 valence electrons. The predicted molar refractivity (Wildman–Crippen MR) is 87.9 cm³/mol. The molecule has 1 aliphatic heterocycles. The van der Waals surface area contributed by atoms with Crippen molar-refractivity contribution in [1.82, 2.24) is 0 Å². The number of anilines is 1. The lowest BCUT2D eigenvalue weighted by molar-refractivity contribution is -0.140. The molecule has 0 amide bonds. The third kappa shape index (κ3) is 3.56. The Hall–Kier alpha value is -1.86. The SMILES string of the molecule is CCc1ccc(N2COCC(C(=O)OC)=C2C(=O)OC)c(Br)c1. The van der Waals surface area contributed by atoms with E-state index >= 15 is 0 Å². The minimum atomic E-state index is -0.614. The van der Waals surface area contributed by atoms with Gasteiger partial charge in [-0.2, -0.15) is 0 Å². The van der Waals surface area contributed by atoms with Gasteiger partial charge in [0.15, 0.2) is 0 Å². The third-order valence-electron chi connectivity index (χ3n) is 3.54. The van der Waals surface area contributed by atoms with E-state index in [0.717, 1.165) is 16.5 Å². The van der Waals surface area contributed by atoms with Gasteiger partial charge < -0.3 is 19.1 Å². The van der Waals surface area contributed by atoms with Gasteiger partial charge >= 0.3 is 11.9 Å². The number of carbonyl (C=O) groups excluding carboxylic acids is 2. The Kier molecular flexibility index (Phi) is 5.79. The van der Waals surface area contributed by atoms with Crippen molar-refractivity contribution in [3.8, 4) is 0 Å². The lowest BCUT2D eigenvalue weighted by Gasteiger charge is -2.32. The Morgan fingerprint density at radius 3 is 2.52 bits per heavy atom. The zero-order valence-corrected chi connectivity index (χ0v) is 14.8. The Balaban J connectivity index is 2.55. The summed E-state index contributed by atoms with van der Waals surface area (Å²) in [7, 11) is 2.53. The fraction of sp³-hybridized carbons (Fsp3) is 0.375. The molecule has 23 heavy (non-hydrogen) atoms. The quantitative estimate of drug-likeness (QED) is 0.743. The highest BCUT2D eigenvalue weighted by Crippen LogP contribution is 2.33. The molecule has 0 aromatic heterocycles. The molecule has 6 nitrogen and oxygen atoms in total. The number of esters is 2. The number of benzene rings is 1. The molecule has 7 heteroatoms. The molecule has 0 atom stereocenters. The van der Waals surface area contributed by atoms with Crippen LogP contribution in [-0.2, 0) is 30.2 Å². The smallest absolute Gasteiger partial charge is 0.355 e. The van der Waals surface area contributed by atoms with Gasteiger partial charge in [0, 0.05) is 4.47 Å². The summed E-state index contributed by atoms with van der Waals surface area (Å²) in [6.07, 6.45) is 0.891. The summed E-state index contributed by atoms with van der Waals surface area (Å²) in [5, 5.41) is 0. The van der Waals surface area contributed by atoms with Gasteiger partial charge in [0.05, 0.1) is 32.1 Å². The zero-order chi connectivity index (χ0) is 17.0. The van der Waals surface area contributed by atoms with Gasteiger partial charge in [-0.3, -0.25) is 0 Å². The zero-order valence-electron chi connectivity index (χ0n) is 13.2. The predicted octanol–water partition coefficient (Wildman–Crippen LogP) is 2.41. The Morgan fingerprint density at radius 1 is 1.26 bits per heavy atom. The van der Waals surface area contributed by atoms with Gasteiger partial charge in [0.25, 0.3) is 0 Å². The van der Waals surface area contributed by atoms with Crippen LogP contribution in [-0.4, -0.2) is 39.5 Å². The normalized spacial score (nSPS) is 14.7. The van der Waals surface area contributed by atoms with Crippen molar-refractivity contribution in [3.05, 3.63) is 39.5 Å². The summed E-state index contributed by atoms with van der Waals surface area (Å²) in [4.78, 5) is 25.8. The van der Waals surface area contributed by atoms with Crippen molar-refractivity contribution in [2.75, 3.05) is 32.5 Å². The van der Waals surface area contributed by atoms with Gasteiger partial charge in [-0.05, 0) is 40.0 Å². The molecule has 0 unspecified atom stereocenters. The fourth-order valence-corrected chi connectivity index (χ4v) is 2.96. The molecule has 0 N–H and O–H groups in total. The molecular formula is C16H18BrNO5. The first kappa shape index (κ1) is 17.5. The van der Waals surface area contributed by atoms with Crippen LogP contribution >= 0.6 is 15.9 Å². The molecule has 1 aromatic rings. The van der Waals surface area contributed by atoms with E-state index in [-0.39, 0.29) is 24.6 Å². The average Bonchev–Trinajstić information content (AvgIpc) is 2.59. The van der Waals surface area contributed by atoms with Gasteiger partial charge in [0.1, 0.15) is 12.4 Å². The number of methoxy groups -OCH3 is 2. The highest BCUT2D eigenvalue weighted by molar-refractivity contribution is 9.10. The molecule has 1 aliphatic rings. The van der Waals surface area contributed by atoms with E-state index in [0.29, 0.717) is 5.69 Å². The number of halogens is 1. The van der Waals surface area contributed by atoms with Crippen LogP contribution in [0.25, 0.3) is 0 Å². The molecule has 1 aromatic carbocycles. The molecule has 0 fully saturated rings. The second-order valence-corrected chi connectivity index (χ2v) is 5.71. The molecule has 0 spiro atoms. The van der Waals surface area contributed by atoms with Crippen molar-refractivity contribution in [1.29, 1.82) is 0 Å². The first-order chi connectivity index (χ1) is 11.0.